The third-order valence-electron chi connectivity index (χ3n) is 1.63. The number of sulfonamides is 1. The maximum atomic E-state index is 11.1. The third-order valence-corrected chi connectivity index (χ3v) is 3.32. The summed E-state index contributed by atoms with van der Waals surface area (Å²) in [6.45, 7) is 0. The van der Waals surface area contributed by atoms with E-state index in [0.717, 1.165) is 5.56 Å². The van der Waals surface area contributed by atoms with Crippen LogP contribution in [0.2, 0.25) is 0 Å². The Hall–Kier alpha value is -1.25. The van der Waals surface area contributed by atoms with E-state index in [9.17, 15) is 8.42 Å². The van der Waals surface area contributed by atoms with Gasteiger partial charge in [0.15, 0.2) is 0 Å². The van der Waals surface area contributed by atoms with Gasteiger partial charge in [-0.05, 0) is 17.7 Å². The van der Waals surface area contributed by atoms with Gasteiger partial charge < -0.3 is 0 Å². The predicted molar refractivity (Wildman–Crippen MR) is 59.0 cm³/mol. The van der Waals surface area contributed by atoms with Gasteiger partial charge in [0.2, 0.25) is 10.0 Å². The van der Waals surface area contributed by atoms with Crippen LogP contribution < -0.4 is 4.72 Å². The number of hydrogen-bond donors (Lipinski definition) is 1. The monoisotopic (exact) mass is 244 g/mol. The van der Waals surface area contributed by atoms with Crippen LogP contribution in [-0.4, -0.2) is 13.6 Å². The van der Waals surface area contributed by atoms with Crippen molar-refractivity contribution < 1.29 is 8.42 Å². The molecule has 0 aliphatic rings. The molecular formula is C9H9ClN2O2S. The van der Waals surface area contributed by atoms with Crippen LogP contribution in [0.3, 0.4) is 0 Å². The molecule has 0 saturated carbocycles. The van der Waals surface area contributed by atoms with Gasteiger partial charge in [0.25, 0.3) is 0 Å². The van der Waals surface area contributed by atoms with Crippen molar-refractivity contribution in [3.8, 4) is 6.07 Å². The molecule has 0 heterocycles. The lowest BCUT2D eigenvalue weighted by molar-refractivity contribution is 0.605. The summed E-state index contributed by atoms with van der Waals surface area (Å²) in [7, 11) is -3.47. The molecule has 0 spiro atoms. The minimum Gasteiger partial charge on any atom is -0.283 e. The van der Waals surface area contributed by atoms with E-state index in [-0.39, 0.29) is 6.42 Å². The predicted octanol–water partition coefficient (Wildman–Crippen LogP) is 1.69. The minimum absolute atomic E-state index is 0.246. The maximum Gasteiger partial charge on any atom is 0.246 e. The van der Waals surface area contributed by atoms with Crippen molar-refractivity contribution >= 4 is 27.3 Å². The third kappa shape index (κ3) is 3.78. The first kappa shape index (κ1) is 11.8. The first-order valence-corrected chi connectivity index (χ1v) is 6.28. The summed E-state index contributed by atoms with van der Waals surface area (Å²) >= 11 is 5.24. The zero-order valence-corrected chi connectivity index (χ0v) is 9.35. The number of nitriles is 1. The number of benzene rings is 1. The molecule has 0 saturated heterocycles. The van der Waals surface area contributed by atoms with Gasteiger partial charge in [-0.25, -0.2) is 8.42 Å². The Morgan fingerprint density at radius 1 is 1.47 bits per heavy atom. The van der Waals surface area contributed by atoms with Crippen LogP contribution in [0.15, 0.2) is 24.3 Å². The molecule has 0 aromatic heterocycles. The highest BCUT2D eigenvalue weighted by atomic mass is 35.5. The molecule has 1 aromatic carbocycles. The molecule has 1 N–H and O–H groups in total. The lowest BCUT2D eigenvalue weighted by Crippen LogP contribution is -2.13. The van der Waals surface area contributed by atoms with E-state index in [0.29, 0.717) is 5.69 Å². The van der Waals surface area contributed by atoms with Gasteiger partial charge in [-0.1, -0.05) is 12.1 Å². The molecule has 0 aliphatic carbocycles. The molecule has 6 heteroatoms. The topological polar surface area (TPSA) is 70.0 Å². The van der Waals surface area contributed by atoms with Gasteiger partial charge in [0.05, 0.1) is 12.5 Å². The standard InChI is InChI=1S/C9H9ClN2O2S/c10-7-15(13,14)12-9-3-1-2-8(6-9)4-5-11/h1-3,6,12H,4,7H2. The molecule has 15 heavy (non-hydrogen) atoms. The summed E-state index contributed by atoms with van der Waals surface area (Å²) in [5.41, 5.74) is 1.18. The Balaban J connectivity index is 2.88. The zero-order chi connectivity index (χ0) is 11.3. The lowest BCUT2D eigenvalue weighted by atomic mass is 10.1. The van der Waals surface area contributed by atoms with Crippen molar-refractivity contribution in [2.45, 2.75) is 6.42 Å². The van der Waals surface area contributed by atoms with E-state index in [1.807, 2.05) is 6.07 Å². The smallest absolute Gasteiger partial charge is 0.246 e. The van der Waals surface area contributed by atoms with Gasteiger partial charge in [0.1, 0.15) is 5.21 Å². The summed E-state index contributed by atoms with van der Waals surface area (Å²) in [4.78, 5) is 0. The number of alkyl halides is 1. The average molecular weight is 245 g/mol. The number of anilines is 1. The molecule has 0 unspecified atom stereocenters. The van der Waals surface area contributed by atoms with Crippen molar-refractivity contribution in [3.05, 3.63) is 29.8 Å². The SMILES string of the molecule is N#CCc1cccc(NS(=O)(=O)CCl)c1. The molecular weight excluding hydrogens is 236 g/mol. The highest BCUT2D eigenvalue weighted by Crippen LogP contribution is 2.13. The molecule has 0 atom stereocenters. The number of hydrogen-bond acceptors (Lipinski definition) is 3. The highest BCUT2D eigenvalue weighted by molar-refractivity contribution is 7.93. The van der Waals surface area contributed by atoms with Gasteiger partial charge in [-0.15, -0.1) is 11.6 Å². The number of rotatable bonds is 4. The second-order valence-electron chi connectivity index (χ2n) is 2.86. The van der Waals surface area contributed by atoms with E-state index in [4.69, 9.17) is 16.9 Å². The van der Waals surface area contributed by atoms with E-state index < -0.39 is 15.2 Å². The van der Waals surface area contributed by atoms with Crippen molar-refractivity contribution in [2.24, 2.45) is 0 Å². The molecule has 0 aliphatic heterocycles. The van der Waals surface area contributed by atoms with Crippen molar-refractivity contribution in [1.29, 1.82) is 5.26 Å². The van der Waals surface area contributed by atoms with Crippen molar-refractivity contribution in [1.82, 2.24) is 0 Å². The van der Waals surface area contributed by atoms with E-state index >= 15 is 0 Å². The molecule has 0 radical (unpaired) electrons. The summed E-state index contributed by atoms with van der Waals surface area (Å²) in [6.07, 6.45) is 0.246. The number of nitrogens with one attached hydrogen (secondary N) is 1. The van der Waals surface area contributed by atoms with Crippen LogP contribution in [0, 0.1) is 11.3 Å². The Bertz CT molecular complexity index is 479. The lowest BCUT2D eigenvalue weighted by Gasteiger charge is -2.05. The summed E-state index contributed by atoms with van der Waals surface area (Å²) in [6, 6.07) is 8.62. The normalized spacial score (nSPS) is 10.7. The van der Waals surface area contributed by atoms with E-state index in [2.05, 4.69) is 4.72 Å². The first-order chi connectivity index (χ1) is 7.07. The van der Waals surface area contributed by atoms with Crippen LogP contribution >= 0.6 is 11.6 Å². The number of halogens is 1. The fraction of sp³-hybridized carbons (Fsp3) is 0.222. The Kier molecular flexibility index (Phi) is 3.95. The highest BCUT2D eigenvalue weighted by Gasteiger charge is 2.07. The molecule has 1 aromatic rings. The Morgan fingerprint density at radius 2 is 2.20 bits per heavy atom. The van der Waals surface area contributed by atoms with Crippen LogP contribution in [0.25, 0.3) is 0 Å². The van der Waals surface area contributed by atoms with E-state index in [1.165, 1.54) is 0 Å². The second kappa shape index (κ2) is 5.01. The van der Waals surface area contributed by atoms with Crippen molar-refractivity contribution in [2.75, 3.05) is 9.93 Å². The zero-order valence-electron chi connectivity index (χ0n) is 7.77. The van der Waals surface area contributed by atoms with Crippen LogP contribution in [0.1, 0.15) is 5.56 Å². The minimum atomic E-state index is -3.47. The largest absolute Gasteiger partial charge is 0.283 e. The molecule has 0 bridgehead atoms. The van der Waals surface area contributed by atoms with Gasteiger partial charge in [0, 0.05) is 5.69 Å². The fourth-order valence-electron chi connectivity index (χ4n) is 1.04. The van der Waals surface area contributed by atoms with Crippen LogP contribution in [0.5, 0.6) is 0 Å². The molecule has 0 amide bonds. The average Bonchev–Trinajstić information content (AvgIpc) is 2.18. The van der Waals surface area contributed by atoms with Gasteiger partial charge >= 0.3 is 0 Å². The maximum absolute atomic E-state index is 11.1. The van der Waals surface area contributed by atoms with Gasteiger partial charge in [-0.2, -0.15) is 5.26 Å². The van der Waals surface area contributed by atoms with Crippen LogP contribution in [-0.2, 0) is 16.4 Å². The quantitative estimate of drug-likeness (QED) is 0.820. The van der Waals surface area contributed by atoms with Crippen LogP contribution in [0.4, 0.5) is 5.69 Å². The molecule has 1 rings (SSSR count). The summed E-state index contributed by atoms with van der Waals surface area (Å²) < 4.78 is 24.6. The van der Waals surface area contributed by atoms with Crippen molar-refractivity contribution in [3.63, 3.8) is 0 Å². The fourth-order valence-corrected chi connectivity index (χ4v) is 1.75. The van der Waals surface area contributed by atoms with Gasteiger partial charge in [-0.3, -0.25) is 4.72 Å². The Morgan fingerprint density at radius 3 is 2.80 bits per heavy atom. The summed E-state index contributed by atoms with van der Waals surface area (Å²) in [5, 5.41) is 7.99. The molecule has 80 valence electrons. The molecule has 0 fully saturated rings. The van der Waals surface area contributed by atoms with E-state index in [1.54, 1.807) is 24.3 Å². The number of nitrogens with zero attached hydrogens (tertiary/aromatic N) is 1. The Labute approximate surface area is 93.5 Å². The summed E-state index contributed by atoms with van der Waals surface area (Å²) in [5.74, 6) is 0. The first-order valence-electron chi connectivity index (χ1n) is 4.10. The second-order valence-corrected chi connectivity index (χ2v) is 5.17. The molecule has 4 nitrogen and oxygen atoms in total.